The normalized spacial score (nSPS) is 14.8. The number of fused-ring (bicyclic) bond motifs is 1. The van der Waals surface area contributed by atoms with Crippen LogP contribution in [0.15, 0.2) is 53.6 Å². The summed E-state index contributed by atoms with van der Waals surface area (Å²) in [4.78, 5) is 30.9. The second kappa shape index (κ2) is 8.53. The highest BCUT2D eigenvalue weighted by Gasteiger charge is 2.29. The first kappa shape index (κ1) is 20.9. The van der Waals surface area contributed by atoms with E-state index in [9.17, 15) is 9.59 Å². The van der Waals surface area contributed by atoms with Crippen LogP contribution in [0.25, 0.3) is 16.9 Å². The Bertz CT molecular complexity index is 1350. The predicted octanol–water partition coefficient (Wildman–Crippen LogP) is 2.34. The minimum absolute atomic E-state index is 0.110. The molecular weight excluding hydrogens is 420 g/mol. The Kier molecular flexibility index (Phi) is 5.41. The molecule has 0 spiro atoms. The molecule has 0 unspecified atom stereocenters. The Morgan fingerprint density at radius 1 is 1.03 bits per heavy atom. The van der Waals surface area contributed by atoms with E-state index in [0.29, 0.717) is 18.7 Å². The first-order valence-electron chi connectivity index (χ1n) is 11.0. The zero-order valence-corrected chi connectivity index (χ0v) is 18.5. The van der Waals surface area contributed by atoms with Crippen molar-refractivity contribution in [2.75, 3.05) is 13.1 Å². The maximum Gasteiger partial charge on any atom is 0.274 e. The highest BCUT2D eigenvalue weighted by molar-refractivity contribution is 5.92. The van der Waals surface area contributed by atoms with Crippen LogP contribution in [0.4, 0.5) is 0 Å². The largest absolute Gasteiger partial charge is 0.337 e. The second-order valence-corrected chi connectivity index (χ2v) is 8.45. The number of hydrogen-bond acceptors (Lipinski definition) is 7. The fraction of sp³-hybridized carbons (Fsp3) is 0.348. The monoisotopic (exact) mass is 444 g/mol. The third-order valence-electron chi connectivity index (χ3n) is 5.92. The first-order chi connectivity index (χ1) is 16.0. The third-order valence-corrected chi connectivity index (χ3v) is 5.92. The number of aromatic nitrogens is 7. The molecule has 1 fully saturated rings. The van der Waals surface area contributed by atoms with Gasteiger partial charge in [0.05, 0.1) is 11.7 Å². The maximum absolute atomic E-state index is 13.0. The van der Waals surface area contributed by atoms with Crippen LogP contribution in [0.2, 0.25) is 0 Å². The van der Waals surface area contributed by atoms with Crippen LogP contribution in [-0.2, 0) is 0 Å². The van der Waals surface area contributed by atoms with E-state index < -0.39 is 0 Å². The quantitative estimate of drug-likeness (QED) is 0.475. The molecule has 1 amide bonds. The lowest BCUT2D eigenvalue weighted by molar-refractivity contribution is 0.0701. The molecule has 1 saturated heterocycles. The van der Waals surface area contributed by atoms with E-state index in [4.69, 9.17) is 5.10 Å². The van der Waals surface area contributed by atoms with Crippen LogP contribution < -0.4 is 5.56 Å². The van der Waals surface area contributed by atoms with Gasteiger partial charge in [0.1, 0.15) is 5.69 Å². The Morgan fingerprint density at radius 2 is 1.85 bits per heavy atom. The highest BCUT2D eigenvalue weighted by Crippen LogP contribution is 2.28. The van der Waals surface area contributed by atoms with E-state index in [1.165, 1.54) is 16.8 Å². The summed E-state index contributed by atoms with van der Waals surface area (Å²) in [6.45, 7) is 4.88. The number of amides is 1. The number of pyridine rings is 1. The van der Waals surface area contributed by atoms with Crippen LogP contribution in [0.3, 0.4) is 0 Å². The van der Waals surface area contributed by atoms with Gasteiger partial charge < -0.3 is 4.90 Å². The molecule has 0 saturated carbocycles. The lowest BCUT2D eigenvalue weighted by Crippen LogP contribution is -2.39. The molecule has 0 aromatic carbocycles. The number of hydrogen-bond donors (Lipinski definition) is 0. The number of carbonyl (C=O) groups excluding carboxylic acids is 1. The van der Waals surface area contributed by atoms with Crippen molar-refractivity contribution in [3.05, 3.63) is 70.7 Å². The van der Waals surface area contributed by atoms with E-state index >= 15 is 0 Å². The number of nitrogens with zero attached hydrogens (tertiary/aromatic N) is 8. The van der Waals surface area contributed by atoms with Gasteiger partial charge in [-0.2, -0.15) is 14.7 Å². The van der Waals surface area contributed by atoms with Gasteiger partial charge in [0.15, 0.2) is 11.5 Å². The molecule has 10 heteroatoms. The molecule has 5 rings (SSSR count). The lowest BCUT2D eigenvalue weighted by atomic mass is 9.96. The summed E-state index contributed by atoms with van der Waals surface area (Å²) in [6, 6.07) is 10.5. The molecule has 0 radical (unpaired) electrons. The average molecular weight is 444 g/mol. The van der Waals surface area contributed by atoms with E-state index in [-0.39, 0.29) is 29.1 Å². The molecule has 33 heavy (non-hydrogen) atoms. The lowest BCUT2D eigenvalue weighted by Gasteiger charge is -2.31. The molecule has 1 aliphatic heterocycles. The number of likely N-dealkylation sites (tertiary alicyclic amines) is 1. The molecule has 5 heterocycles. The maximum atomic E-state index is 13.0. The summed E-state index contributed by atoms with van der Waals surface area (Å²) < 4.78 is 3.14. The van der Waals surface area contributed by atoms with Crippen molar-refractivity contribution in [1.29, 1.82) is 0 Å². The Labute approximate surface area is 189 Å². The fourth-order valence-corrected chi connectivity index (χ4v) is 4.14. The average Bonchev–Trinajstić information content (AvgIpc) is 3.28. The van der Waals surface area contributed by atoms with E-state index in [1.807, 2.05) is 38.1 Å². The molecule has 168 valence electrons. The van der Waals surface area contributed by atoms with Gasteiger partial charge in [-0.15, -0.1) is 10.2 Å². The zero-order valence-electron chi connectivity index (χ0n) is 18.5. The number of piperidine rings is 1. The van der Waals surface area contributed by atoms with E-state index in [2.05, 4.69) is 20.3 Å². The topological polar surface area (TPSA) is 111 Å². The minimum atomic E-state index is -0.211. The van der Waals surface area contributed by atoms with Gasteiger partial charge in [0, 0.05) is 43.0 Å². The van der Waals surface area contributed by atoms with Crippen LogP contribution in [0.1, 0.15) is 55.0 Å². The zero-order chi connectivity index (χ0) is 22.9. The molecule has 0 N–H and O–H groups in total. The number of carbonyl (C=O) groups is 1. The van der Waals surface area contributed by atoms with Gasteiger partial charge in [-0.3, -0.25) is 14.6 Å². The summed E-state index contributed by atoms with van der Waals surface area (Å²) >= 11 is 0. The van der Waals surface area contributed by atoms with Crippen molar-refractivity contribution in [1.82, 2.24) is 39.5 Å². The summed E-state index contributed by atoms with van der Waals surface area (Å²) in [5.41, 5.74) is 2.50. The molecule has 0 aliphatic carbocycles. The summed E-state index contributed by atoms with van der Waals surface area (Å²) in [5.74, 6) is 0.776. The SMILES string of the molecule is CC(C)n1nc(C(=O)N2CCC(c3nnc4ccc(-c5cccnc5)nn34)CC2)ccc1=O. The first-order valence-corrected chi connectivity index (χ1v) is 11.0. The van der Waals surface area contributed by atoms with Crippen molar-refractivity contribution >= 4 is 11.6 Å². The molecule has 0 atom stereocenters. The predicted molar refractivity (Wildman–Crippen MR) is 121 cm³/mol. The highest BCUT2D eigenvalue weighted by atomic mass is 16.2. The molecular formula is C23H24N8O2. The summed E-state index contributed by atoms with van der Waals surface area (Å²) in [6.07, 6.45) is 5.00. The van der Waals surface area contributed by atoms with Crippen molar-refractivity contribution in [3.8, 4) is 11.3 Å². The molecule has 1 aliphatic rings. The van der Waals surface area contributed by atoms with Gasteiger partial charge in [-0.05, 0) is 57.0 Å². The molecule has 4 aromatic heterocycles. The van der Waals surface area contributed by atoms with E-state index in [0.717, 1.165) is 29.9 Å². The van der Waals surface area contributed by atoms with Gasteiger partial charge in [-0.25, -0.2) is 4.68 Å². The van der Waals surface area contributed by atoms with Gasteiger partial charge in [0.25, 0.3) is 11.5 Å². The minimum Gasteiger partial charge on any atom is -0.337 e. The second-order valence-electron chi connectivity index (χ2n) is 8.45. The van der Waals surface area contributed by atoms with E-state index in [1.54, 1.807) is 21.8 Å². The fourth-order valence-electron chi connectivity index (χ4n) is 4.14. The van der Waals surface area contributed by atoms with Gasteiger partial charge >= 0.3 is 0 Å². The smallest absolute Gasteiger partial charge is 0.274 e. The van der Waals surface area contributed by atoms with Gasteiger partial charge in [0.2, 0.25) is 0 Å². The Balaban J connectivity index is 1.34. The van der Waals surface area contributed by atoms with Crippen LogP contribution >= 0.6 is 0 Å². The Hall–Kier alpha value is -3.95. The van der Waals surface area contributed by atoms with Crippen LogP contribution in [0.5, 0.6) is 0 Å². The molecule has 4 aromatic rings. The van der Waals surface area contributed by atoms with Crippen molar-refractivity contribution in [3.63, 3.8) is 0 Å². The number of rotatable bonds is 4. The van der Waals surface area contributed by atoms with Crippen LogP contribution in [0, 0.1) is 0 Å². The van der Waals surface area contributed by atoms with Gasteiger partial charge in [-0.1, -0.05) is 0 Å². The van der Waals surface area contributed by atoms with Crippen molar-refractivity contribution in [2.45, 2.75) is 38.6 Å². The third kappa shape index (κ3) is 3.99. The van der Waals surface area contributed by atoms with Crippen LogP contribution in [-0.4, -0.2) is 58.5 Å². The molecule has 10 nitrogen and oxygen atoms in total. The summed E-state index contributed by atoms with van der Waals surface area (Å²) in [5, 5.41) is 17.7. The molecule has 0 bridgehead atoms. The Morgan fingerprint density at radius 3 is 2.58 bits per heavy atom. The van der Waals surface area contributed by atoms with Crippen molar-refractivity contribution in [2.24, 2.45) is 0 Å². The standard InChI is InChI=1S/C23H24N8O2/c1-15(2)30-21(32)8-6-19(28-30)23(33)29-12-9-16(10-13-29)22-26-25-20-7-5-18(27-31(20)22)17-4-3-11-24-14-17/h3-8,11,14-16H,9-10,12-13H2,1-2H3. The van der Waals surface area contributed by atoms with Crippen molar-refractivity contribution < 1.29 is 4.79 Å². The summed E-state index contributed by atoms with van der Waals surface area (Å²) in [7, 11) is 0.